The molecule has 1 N–H and O–H groups in total. The summed E-state index contributed by atoms with van der Waals surface area (Å²) in [6.45, 7) is 2.42. The normalized spacial score (nSPS) is 10.3. The minimum absolute atomic E-state index is 0.121. The van der Waals surface area contributed by atoms with E-state index in [0.717, 1.165) is 5.56 Å². The molecule has 1 amide bonds. The van der Waals surface area contributed by atoms with Crippen molar-refractivity contribution < 1.29 is 14.1 Å². The Kier molecular flexibility index (Phi) is 4.33. The van der Waals surface area contributed by atoms with Crippen LogP contribution >= 0.6 is 0 Å². The molecule has 0 atom stereocenters. The Balaban J connectivity index is 1.73. The van der Waals surface area contributed by atoms with Gasteiger partial charge in [-0.1, -0.05) is 24.3 Å². The topological polar surface area (TPSA) is 77.2 Å². The average Bonchev–Trinajstić information content (AvgIpc) is 3.05. The summed E-state index contributed by atoms with van der Waals surface area (Å²) in [4.78, 5) is 16.4. The molecule has 0 saturated carbocycles. The Labute approximate surface area is 133 Å². The van der Waals surface area contributed by atoms with Crippen LogP contribution in [0.25, 0.3) is 11.5 Å². The summed E-state index contributed by atoms with van der Waals surface area (Å²) >= 11 is 0. The van der Waals surface area contributed by atoms with E-state index in [1.165, 1.54) is 0 Å². The lowest BCUT2D eigenvalue weighted by Crippen LogP contribution is -2.13. The van der Waals surface area contributed by atoms with Gasteiger partial charge in [0.05, 0.1) is 6.61 Å². The van der Waals surface area contributed by atoms with Gasteiger partial charge in [0.15, 0.2) is 0 Å². The first-order valence-corrected chi connectivity index (χ1v) is 7.19. The first-order valence-electron chi connectivity index (χ1n) is 7.19. The fourth-order valence-electron chi connectivity index (χ4n) is 2.04. The molecule has 0 spiro atoms. The molecule has 0 saturated heterocycles. The first-order chi connectivity index (χ1) is 11.3. The lowest BCUT2D eigenvalue weighted by atomic mass is 10.2. The highest BCUT2D eigenvalue weighted by molar-refractivity contribution is 6.03. The Hall–Kier alpha value is -3.15. The monoisotopic (exact) mass is 309 g/mol. The molecule has 2 aromatic carbocycles. The number of carbonyl (C=O) groups excluding carboxylic acids is 1. The van der Waals surface area contributed by atoms with E-state index in [1.54, 1.807) is 24.3 Å². The molecule has 1 aromatic heterocycles. The summed E-state index contributed by atoms with van der Waals surface area (Å²) in [6, 6.07) is 16.2. The number of nitrogens with zero attached hydrogens (tertiary/aromatic N) is 2. The predicted molar refractivity (Wildman–Crippen MR) is 85.3 cm³/mol. The van der Waals surface area contributed by atoms with Gasteiger partial charge in [0.2, 0.25) is 0 Å². The number of rotatable bonds is 5. The smallest absolute Gasteiger partial charge is 0.270 e. The number of hydrogen-bond donors (Lipinski definition) is 1. The van der Waals surface area contributed by atoms with Gasteiger partial charge in [-0.3, -0.25) is 10.1 Å². The number of anilines is 1. The van der Waals surface area contributed by atoms with Gasteiger partial charge in [0.25, 0.3) is 17.7 Å². The molecule has 0 radical (unpaired) electrons. The molecule has 116 valence electrons. The van der Waals surface area contributed by atoms with Crippen LogP contribution in [0.2, 0.25) is 0 Å². The van der Waals surface area contributed by atoms with Gasteiger partial charge in [0.1, 0.15) is 5.75 Å². The summed E-state index contributed by atoms with van der Waals surface area (Å²) in [6.07, 6.45) is 0. The number of ether oxygens (including phenoxy) is 1. The zero-order valence-corrected chi connectivity index (χ0v) is 12.5. The summed E-state index contributed by atoms with van der Waals surface area (Å²) in [5, 5.41) is 6.37. The van der Waals surface area contributed by atoms with Gasteiger partial charge in [-0.25, -0.2) is 0 Å². The third kappa shape index (κ3) is 3.55. The summed E-state index contributed by atoms with van der Waals surface area (Å²) in [5.41, 5.74) is 1.25. The third-order valence-electron chi connectivity index (χ3n) is 3.08. The van der Waals surface area contributed by atoms with Crippen molar-refractivity contribution in [3.63, 3.8) is 0 Å². The zero-order valence-electron chi connectivity index (χ0n) is 12.5. The van der Waals surface area contributed by atoms with E-state index in [4.69, 9.17) is 9.26 Å². The number of hydrogen-bond acceptors (Lipinski definition) is 5. The average molecular weight is 309 g/mol. The van der Waals surface area contributed by atoms with Crippen LogP contribution in [0, 0.1) is 0 Å². The van der Waals surface area contributed by atoms with Gasteiger partial charge in [-0.05, 0) is 42.4 Å². The van der Waals surface area contributed by atoms with E-state index < -0.39 is 0 Å². The molecule has 0 fully saturated rings. The number of carbonyl (C=O) groups is 1. The van der Waals surface area contributed by atoms with Gasteiger partial charge in [0, 0.05) is 11.1 Å². The van der Waals surface area contributed by atoms with Crippen molar-refractivity contribution in [2.45, 2.75) is 6.92 Å². The Morgan fingerprint density at radius 3 is 2.78 bits per heavy atom. The van der Waals surface area contributed by atoms with Gasteiger partial charge in [-0.15, -0.1) is 0 Å². The first kappa shape index (κ1) is 14.8. The highest BCUT2D eigenvalue weighted by Gasteiger charge is 2.13. The van der Waals surface area contributed by atoms with E-state index in [1.807, 2.05) is 37.3 Å². The molecule has 3 aromatic rings. The summed E-state index contributed by atoms with van der Waals surface area (Å²) < 4.78 is 10.5. The third-order valence-corrected chi connectivity index (χ3v) is 3.08. The maximum absolute atomic E-state index is 12.2. The molecule has 6 nitrogen and oxygen atoms in total. The fraction of sp³-hybridized carbons (Fsp3) is 0.118. The fourth-order valence-corrected chi connectivity index (χ4v) is 2.04. The number of aromatic nitrogens is 2. The minimum atomic E-state index is -0.327. The molecule has 0 unspecified atom stereocenters. The second-order valence-electron chi connectivity index (χ2n) is 4.70. The Morgan fingerprint density at radius 1 is 1.17 bits per heavy atom. The lowest BCUT2D eigenvalue weighted by Gasteiger charge is -2.05. The van der Waals surface area contributed by atoms with Crippen LogP contribution in [-0.2, 0) is 0 Å². The predicted octanol–water partition coefficient (Wildman–Crippen LogP) is 3.39. The van der Waals surface area contributed by atoms with E-state index in [2.05, 4.69) is 15.5 Å². The molecule has 1 heterocycles. The van der Waals surface area contributed by atoms with Crippen molar-refractivity contribution >= 4 is 11.9 Å². The van der Waals surface area contributed by atoms with Crippen LogP contribution in [0.15, 0.2) is 59.1 Å². The van der Waals surface area contributed by atoms with Crippen molar-refractivity contribution in [3.05, 3.63) is 60.2 Å². The van der Waals surface area contributed by atoms with Crippen molar-refractivity contribution in [1.29, 1.82) is 0 Å². The maximum Gasteiger partial charge on any atom is 0.270 e. The van der Waals surface area contributed by atoms with E-state index in [-0.39, 0.29) is 11.9 Å². The van der Waals surface area contributed by atoms with Crippen LogP contribution < -0.4 is 10.1 Å². The SMILES string of the molecule is CCOc1cccc(C(=O)Nc2noc(-c3ccccc3)n2)c1. The van der Waals surface area contributed by atoms with E-state index in [9.17, 15) is 4.79 Å². The number of amides is 1. The van der Waals surface area contributed by atoms with E-state index in [0.29, 0.717) is 23.8 Å². The van der Waals surface area contributed by atoms with Crippen LogP contribution in [0.4, 0.5) is 5.95 Å². The Morgan fingerprint density at radius 2 is 2.00 bits per heavy atom. The molecular weight excluding hydrogens is 294 g/mol. The minimum Gasteiger partial charge on any atom is -0.494 e. The van der Waals surface area contributed by atoms with Crippen LogP contribution in [0.5, 0.6) is 5.75 Å². The van der Waals surface area contributed by atoms with Crippen molar-refractivity contribution in [3.8, 4) is 17.2 Å². The van der Waals surface area contributed by atoms with Crippen molar-refractivity contribution in [1.82, 2.24) is 10.1 Å². The summed E-state index contributed by atoms with van der Waals surface area (Å²) in [7, 11) is 0. The quantitative estimate of drug-likeness (QED) is 0.781. The molecule has 0 bridgehead atoms. The largest absolute Gasteiger partial charge is 0.494 e. The summed E-state index contributed by atoms with van der Waals surface area (Å²) in [5.74, 6) is 0.782. The molecule has 0 aliphatic heterocycles. The molecule has 0 aliphatic rings. The van der Waals surface area contributed by atoms with Crippen molar-refractivity contribution in [2.24, 2.45) is 0 Å². The highest BCUT2D eigenvalue weighted by atomic mass is 16.5. The lowest BCUT2D eigenvalue weighted by molar-refractivity contribution is 0.102. The maximum atomic E-state index is 12.2. The van der Waals surface area contributed by atoms with Gasteiger partial charge in [-0.2, -0.15) is 4.98 Å². The zero-order chi connectivity index (χ0) is 16.1. The van der Waals surface area contributed by atoms with Gasteiger partial charge < -0.3 is 9.26 Å². The molecule has 6 heteroatoms. The molecule has 3 rings (SSSR count). The second kappa shape index (κ2) is 6.74. The Bertz CT molecular complexity index is 800. The highest BCUT2D eigenvalue weighted by Crippen LogP contribution is 2.19. The number of nitrogens with one attached hydrogen (secondary N) is 1. The molecular formula is C17H15N3O3. The molecule has 0 aliphatic carbocycles. The second-order valence-corrected chi connectivity index (χ2v) is 4.70. The van der Waals surface area contributed by atoms with Crippen LogP contribution in [0.3, 0.4) is 0 Å². The standard InChI is InChI=1S/C17H15N3O3/c1-2-22-14-10-6-9-13(11-14)15(21)18-17-19-16(23-20-17)12-7-4-3-5-8-12/h3-11H,2H2,1H3,(H,18,20,21). The van der Waals surface area contributed by atoms with Crippen LogP contribution in [0.1, 0.15) is 17.3 Å². The van der Waals surface area contributed by atoms with Crippen LogP contribution in [-0.4, -0.2) is 22.7 Å². The van der Waals surface area contributed by atoms with E-state index >= 15 is 0 Å². The van der Waals surface area contributed by atoms with Gasteiger partial charge >= 0.3 is 0 Å². The van der Waals surface area contributed by atoms with Crippen molar-refractivity contribution in [2.75, 3.05) is 11.9 Å². The molecule has 23 heavy (non-hydrogen) atoms. The number of benzene rings is 2.